The van der Waals surface area contributed by atoms with E-state index in [1.807, 2.05) is 37.3 Å². The second-order valence-electron chi connectivity index (χ2n) is 11.2. The van der Waals surface area contributed by atoms with Crippen LogP contribution in [0, 0.1) is 18.3 Å². The number of ether oxygens (including phenoxy) is 1. The molecule has 1 aromatic heterocycles. The molecule has 2 saturated heterocycles. The number of piperidine rings is 1. The standard InChI is InChI=1S/C30H39N5O4S/c1-21-18-31-29(40-21)34-26(36)20-35-14-10-24-23(19-35)9-5-6-11-30(12-15-39-16-13-30)28(38)33-25(27(37)32-24)17-22-7-3-2-4-8-22/h2-8,18,23-25H,9-17,19-20H2,1H3,(H,32,37)(H,33,38)(H,31,34,36)/t23-,24+,25+/m0/s1. The topological polar surface area (TPSA) is 113 Å². The first-order valence-corrected chi connectivity index (χ1v) is 15.0. The molecule has 0 aliphatic carbocycles. The Morgan fingerprint density at radius 1 is 1.18 bits per heavy atom. The predicted octanol–water partition coefficient (Wildman–Crippen LogP) is 3.07. The van der Waals surface area contributed by atoms with Gasteiger partial charge in [-0.2, -0.15) is 0 Å². The number of likely N-dealkylation sites (tertiary alicyclic amines) is 1. The smallest absolute Gasteiger partial charge is 0.243 e. The molecular formula is C30H39N5O4S. The average Bonchev–Trinajstić information content (AvgIpc) is 3.36. The molecule has 0 unspecified atom stereocenters. The van der Waals surface area contributed by atoms with Gasteiger partial charge in [-0.05, 0) is 50.5 Å². The van der Waals surface area contributed by atoms with E-state index in [1.54, 1.807) is 6.20 Å². The summed E-state index contributed by atoms with van der Waals surface area (Å²) in [6.45, 7) is 4.74. The lowest BCUT2D eigenvalue weighted by Gasteiger charge is -2.40. The van der Waals surface area contributed by atoms with E-state index in [9.17, 15) is 14.4 Å². The number of nitrogens with one attached hydrogen (secondary N) is 3. The zero-order chi connectivity index (χ0) is 28.0. The van der Waals surface area contributed by atoms with Crippen molar-refractivity contribution in [3.05, 3.63) is 59.1 Å². The Bertz CT molecular complexity index is 1210. The molecule has 0 radical (unpaired) electrons. The maximum absolute atomic E-state index is 13.7. The Balaban J connectivity index is 1.32. The summed E-state index contributed by atoms with van der Waals surface area (Å²) in [5, 5.41) is 9.95. The van der Waals surface area contributed by atoms with Crippen LogP contribution < -0.4 is 16.0 Å². The van der Waals surface area contributed by atoms with Crippen LogP contribution in [0.1, 0.15) is 42.5 Å². The highest BCUT2D eigenvalue weighted by Gasteiger charge is 2.41. The zero-order valence-electron chi connectivity index (χ0n) is 23.1. The summed E-state index contributed by atoms with van der Waals surface area (Å²) in [5.41, 5.74) is 0.428. The number of benzene rings is 1. The van der Waals surface area contributed by atoms with Gasteiger partial charge in [0.2, 0.25) is 17.7 Å². The number of hydrogen-bond acceptors (Lipinski definition) is 7. The third-order valence-electron chi connectivity index (χ3n) is 8.33. The lowest BCUT2D eigenvalue weighted by Crippen LogP contribution is -2.58. The van der Waals surface area contributed by atoms with Gasteiger partial charge in [0.15, 0.2) is 5.13 Å². The molecule has 0 bridgehead atoms. The van der Waals surface area contributed by atoms with Crippen LogP contribution in [0.15, 0.2) is 48.7 Å². The van der Waals surface area contributed by atoms with Crippen molar-refractivity contribution in [2.45, 2.75) is 57.5 Å². The van der Waals surface area contributed by atoms with E-state index < -0.39 is 11.5 Å². The monoisotopic (exact) mass is 565 g/mol. The number of rotatable bonds is 5. The summed E-state index contributed by atoms with van der Waals surface area (Å²) >= 11 is 1.46. The third-order valence-corrected chi connectivity index (χ3v) is 9.16. The van der Waals surface area contributed by atoms with Crippen molar-refractivity contribution in [2.75, 3.05) is 38.2 Å². The third kappa shape index (κ3) is 7.16. The van der Waals surface area contributed by atoms with Crippen molar-refractivity contribution in [1.82, 2.24) is 20.5 Å². The lowest BCUT2D eigenvalue weighted by molar-refractivity contribution is -0.140. The minimum absolute atomic E-state index is 0.0373. The fraction of sp³-hybridized carbons (Fsp3) is 0.533. The van der Waals surface area contributed by atoms with Crippen LogP contribution in [0.3, 0.4) is 0 Å². The van der Waals surface area contributed by atoms with Crippen molar-refractivity contribution < 1.29 is 19.1 Å². The molecule has 10 heteroatoms. The molecule has 9 nitrogen and oxygen atoms in total. The van der Waals surface area contributed by atoms with Crippen LogP contribution in [-0.4, -0.2) is 72.5 Å². The number of amides is 3. The van der Waals surface area contributed by atoms with E-state index >= 15 is 0 Å². The van der Waals surface area contributed by atoms with E-state index in [0.29, 0.717) is 57.1 Å². The summed E-state index contributed by atoms with van der Waals surface area (Å²) in [4.78, 5) is 47.6. The van der Waals surface area contributed by atoms with Gasteiger partial charge in [0.25, 0.3) is 0 Å². The molecule has 3 aliphatic rings. The SMILES string of the molecule is Cc1cnc(NC(=O)CN2CC[C@H]3NC(=O)[C@@H](Cc4ccccc4)NC(=O)C4(CC=CC[C@H]3C2)CCOCC4)s1. The number of nitrogens with zero attached hydrogens (tertiary/aromatic N) is 2. The number of carbonyl (C=O) groups excluding carboxylic acids is 3. The van der Waals surface area contributed by atoms with Crippen LogP contribution in [0.25, 0.3) is 0 Å². The highest BCUT2D eigenvalue weighted by Crippen LogP contribution is 2.36. The van der Waals surface area contributed by atoms with E-state index in [-0.39, 0.29) is 36.2 Å². The fourth-order valence-electron chi connectivity index (χ4n) is 5.97. The van der Waals surface area contributed by atoms with Gasteiger partial charge in [-0.25, -0.2) is 4.98 Å². The first kappa shape index (κ1) is 28.4. The van der Waals surface area contributed by atoms with Gasteiger partial charge in [-0.15, -0.1) is 11.3 Å². The number of aromatic nitrogens is 1. The van der Waals surface area contributed by atoms with Crippen molar-refractivity contribution >= 4 is 34.2 Å². The molecule has 1 spiro atoms. The fourth-order valence-corrected chi connectivity index (χ4v) is 6.65. The molecule has 5 rings (SSSR count). The van der Waals surface area contributed by atoms with E-state index in [0.717, 1.165) is 23.3 Å². The zero-order valence-corrected chi connectivity index (χ0v) is 23.9. The molecule has 0 saturated carbocycles. The molecule has 3 amide bonds. The Hall–Kier alpha value is -3.08. The number of allylic oxidation sites excluding steroid dienone is 2. The predicted molar refractivity (Wildman–Crippen MR) is 155 cm³/mol. The largest absolute Gasteiger partial charge is 0.381 e. The molecule has 1 aromatic carbocycles. The van der Waals surface area contributed by atoms with Crippen molar-refractivity contribution in [2.24, 2.45) is 11.3 Å². The summed E-state index contributed by atoms with van der Waals surface area (Å²) in [5.74, 6) is -0.135. The molecule has 40 heavy (non-hydrogen) atoms. The molecule has 3 N–H and O–H groups in total. The number of fused-ring (bicyclic) bond motifs is 1. The number of aryl methyl sites for hydroxylation is 1. The molecule has 2 fully saturated rings. The van der Waals surface area contributed by atoms with Gasteiger partial charge in [0.1, 0.15) is 6.04 Å². The molecule has 4 heterocycles. The number of hydrogen-bond donors (Lipinski definition) is 3. The highest BCUT2D eigenvalue weighted by atomic mass is 32.1. The maximum Gasteiger partial charge on any atom is 0.243 e. The summed E-state index contributed by atoms with van der Waals surface area (Å²) in [6.07, 6.45) is 9.87. The van der Waals surface area contributed by atoms with E-state index in [2.05, 4.69) is 38.0 Å². The molecular weight excluding hydrogens is 526 g/mol. The molecule has 3 aliphatic heterocycles. The van der Waals surface area contributed by atoms with Gasteiger partial charge in [-0.3, -0.25) is 19.3 Å². The molecule has 214 valence electrons. The van der Waals surface area contributed by atoms with Crippen molar-refractivity contribution in [1.29, 1.82) is 0 Å². The van der Waals surface area contributed by atoms with Crippen LogP contribution in [0.2, 0.25) is 0 Å². The van der Waals surface area contributed by atoms with Crippen LogP contribution >= 0.6 is 11.3 Å². The summed E-state index contributed by atoms with van der Waals surface area (Å²) < 4.78 is 5.59. The average molecular weight is 566 g/mol. The normalized spacial score (nSPS) is 25.7. The number of thiazole rings is 1. The minimum atomic E-state index is -0.663. The van der Waals surface area contributed by atoms with Gasteiger partial charge in [0, 0.05) is 49.8 Å². The minimum Gasteiger partial charge on any atom is -0.381 e. The van der Waals surface area contributed by atoms with Gasteiger partial charge in [-0.1, -0.05) is 42.5 Å². The van der Waals surface area contributed by atoms with Gasteiger partial charge in [0.05, 0.1) is 12.0 Å². The summed E-state index contributed by atoms with van der Waals surface area (Å²) in [6, 6.07) is 9.13. The number of carbonyl (C=O) groups is 3. The van der Waals surface area contributed by atoms with E-state index in [4.69, 9.17) is 4.74 Å². The Morgan fingerprint density at radius 2 is 1.98 bits per heavy atom. The van der Waals surface area contributed by atoms with Gasteiger partial charge >= 0.3 is 0 Å². The quantitative estimate of drug-likeness (QED) is 0.481. The number of anilines is 1. The Labute approximate surface area is 239 Å². The Morgan fingerprint density at radius 3 is 2.73 bits per heavy atom. The van der Waals surface area contributed by atoms with Crippen LogP contribution in [-0.2, 0) is 25.5 Å². The lowest BCUT2D eigenvalue weighted by atomic mass is 9.75. The highest BCUT2D eigenvalue weighted by molar-refractivity contribution is 7.15. The van der Waals surface area contributed by atoms with Crippen molar-refractivity contribution in [3.8, 4) is 0 Å². The molecule has 2 aromatic rings. The van der Waals surface area contributed by atoms with Crippen LogP contribution in [0.4, 0.5) is 5.13 Å². The first-order valence-electron chi connectivity index (χ1n) is 14.2. The second kappa shape index (κ2) is 13.1. The second-order valence-corrected chi connectivity index (χ2v) is 12.5. The first-order chi connectivity index (χ1) is 19.4. The summed E-state index contributed by atoms with van der Waals surface area (Å²) in [7, 11) is 0. The van der Waals surface area contributed by atoms with Crippen molar-refractivity contribution in [3.63, 3.8) is 0 Å². The van der Waals surface area contributed by atoms with Crippen LogP contribution in [0.5, 0.6) is 0 Å². The maximum atomic E-state index is 13.7. The van der Waals surface area contributed by atoms with E-state index in [1.165, 1.54) is 11.3 Å². The Kier molecular flexibility index (Phi) is 9.29. The van der Waals surface area contributed by atoms with Gasteiger partial charge < -0.3 is 20.7 Å². The molecule has 3 atom stereocenters.